The lowest BCUT2D eigenvalue weighted by molar-refractivity contribution is 0.483. The van der Waals surface area contributed by atoms with Gasteiger partial charge in [-0.3, -0.25) is 4.55 Å². The van der Waals surface area contributed by atoms with Gasteiger partial charge in [-0.1, -0.05) is 0 Å². The van der Waals surface area contributed by atoms with Crippen molar-refractivity contribution < 1.29 is 13.0 Å². The molecule has 0 saturated heterocycles. The molecule has 1 rings (SSSR count). The predicted octanol–water partition coefficient (Wildman–Crippen LogP) is 1.15. The lowest BCUT2D eigenvalue weighted by atomic mass is 10.5. The average Bonchev–Trinajstić information content (AvgIpc) is 2.34. The van der Waals surface area contributed by atoms with Crippen LogP contribution in [0.3, 0.4) is 0 Å². The Bertz CT molecular complexity index is 316. The molecule has 1 radical (unpaired) electrons. The van der Waals surface area contributed by atoms with E-state index in [2.05, 4.69) is 7.05 Å². The van der Waals surface area contributed by atoms with Crippen LogP contribution in [0.15, 0.2) is 16.8 Å². The standard InChI is InChI=1S/C5H6NO3S2/c1-6(11(7,8)9)5-2-3-10-4-5/h2-4H,1H2,(H,7,8,9). The second-order valence-corrected chi connectivity index (χ2v) is 3.92. The summed E-state index contributed by atoms with van der Waals surface area (Å²) < 4.78 is 30.0. The highest BCUT2D eigenvalue weighted by Crippen LogP contribution is 2.18. The summed E-state index contributed by atoms with van der Waals surface area (Å²) in [6, 6.07) is 1.55. The van der Waals surface area contributed by atoms with Crippen molar-refractivity contribution >= 4 is 27.3 Å². The van der Waals surface area contributed by atoms with Crippen LogP contribution in [-0.4, -0.2) is 13.0 Å². The quantitative estimate of drug-likeness (QED) is 0.715. The Morgan fingerprint density at radius 2 is 2.27 bits per heavy atom. The van der Waals surface area contributed by atoms with E-state index in [-0.39, 0.29) is 0 Å². The Hall–Kier alpha value is -0.590. The zero-order valence-electron chi connectivity index (χ0n) is 5.47. The average molecular weight is 192 g/mol. The lowest BCUT2D eigenvalue weighted by Crippen LogP contribution is -2.22. The van der Waals surface area contributed by atoms with Crippen molar-refractivity contribution in [3.8, 4) is 0 Å². The number of rotatable bonds is 2. The summed E-state index contributed by atoms with van der Waals surface area (Å²) in [6.45, 7) is 0. The normalized spacial score (nSPS) is 11.5. The van der Waals surface area contributed by atoms with E-state index in [1.807, 2.05) is 0 Å². The van der Waals surface area contributed by atoms with Crippen LogP contribution in [0.1, 0.15) is 0 Å². The van der Waals surface area contributed by atoms with Gasteiger partial charge in [0.2, 0.25) is 0 Å². The molecule has 1 N–H and O–H groups in total. The van der Waals surface area contributed by atoms with Gasteiger partial charge >= 0.3 is 10.3 Å². The van der Waals surface area contributed by atoms with Crippen LogP contribution in [0.2, 0.25) is 0 Å². The summed E-state index contributed by atoms with van der Waals surface area (Å²) >= 11 is 1.33. The first kappa shape index (κ1) is 8.51. The van der Waals surface area contributed by atoms with Gasteiger partial charge in [0.1, 0.15) is 0 Å². The molecule has 0 fully saturated rings. The van der Waals surface area contributed by atoms with Crippen molar-refractivity contribution in [2.75, 3.05) is 4.31 Å². The van der Waals surface area contributed by atoms with Crippen LogP contribution >= 0.6 is 11.3 Å². The molecule has 61 valence electrons. The summed E-state index contributed by atoms with van der Waals surface area (Å²) in [5, 5.41) is 3.26. The Morgan fingerprint density at radius 1 is 1.64 bits per heavy atom. The van der Waals surface area contributed by atoms with Crippen molar-refractivity contribution in [2.45, 2.75) is 0 Å². The van der Waals surface area contributed by atoms with Crippen molar-refractivity contribution in [2.24, 2.45) is 0 Å². The highest BCUT2D eigenvalue weighted by molar-refractivity contribution is 7.87. The van der Waals surface area contributed by atoms with E-state index in [1.165, 1.54) is 11.3 Å². The Morgan fingerprint density at radius 3 is 2.64 bits per heavy atom. The molecule has 0 saturated carbocycles. The highest BCUT2D eigenvalue weighted by Gasteiger charge is 2.13. The first-order chi connectivity index (χ1) is 5.02. The lowest BCUT2D eigenvalue weighted by Gasteiger charge is -2.11. The first-order valence-corrected chi connectivity index (χ1v) is 4.96. The molecule has 0 atom stereocenters. The van der Waals surface area contributed by atoms with Gasteiger partial charge in [-0.25, -0.2) is 4.31 Å². The van der Waals surface area contributed by atoms with E-state index < -0.39 is 10.3 Å². The van der Waals surface area contributed by atoms with E-state index >= 15 is 0 Å². The molecule has 0 bridgehead atoms. The summed E-state index contributed by atoms with van der Waals surface area (Å²) in [5.41, 5.74) is 0.359. The van der Waals surface area contributed by atoms with Gasteiger partial charge in [0.15, 0.2) is 0 Å². The molecule has 6 heteroatoms. The third-order valence-electron chi connectivity index (χ3n) is 1.07. The SMILES string of the molecule is [CH2]N(c1ccsc1)S(=O)(=O)O. The number of anilines is 1. The fraction of sp³-hybridized carbons (Fsp3) is 0. The highest BCUT2D eigenvalue weighted by atomic mass is 32.2. The molecule has 0 aliphatic heterocycles. The van der Waals surface area contributed by atoms with Crippen molar-refractivity contribution in [1.29, 1.82) is 0 Å². The number of hydrogen-bond acceptors (Lipinski definition) is 3. The third-order valence-corrected chi connectivity index (χ3v) is 2.51. The molecular formula is C5H6NO3S2. The molecule has 1 aromatic rings. The molecule has 0 spiro atoms. The third kappa shape index (κ3) is 1.92. The molecule has 11 heavy (non-hydrogen) atoms. The molecule has 0 aromatic carbocycles. The zero-order chi connectivity index (χ0) is 8.48. The van der Waals surface area contributed by atoms with E-state index in [1.54, 1.807) is 16.8 Å². The zero-order valence-corrected chi connectivity index (χ0v) is 7.10. The molecule has 1 heterocycles. The monoisotopic (exact) mass is 192 g/mol. The van der Waals surface area contributed by atoms with Crippen LogP contribution in [0, 0.1) is 7.05 Å². The van der Waals surface area contributed by atoms with Gasteiger partial charge < -0.3 is 0 Å². The second-order valence-electron chi connectivity index (χ2n) is 1.81. The number of nitrogens with zero attached hydrogens (tertiary/aromatic N) is 1. The molecule has 0 amide bonds. The van der Waals surface area contributed by atoms with E-state index in [4.69, 9.17) is 4.55 Å². The number of hydrogen-bond donors (Lipinski definition) is 1. The minimum atomic E-state index is -4.20. The van der Waals surface area contributed by atoms with Gasteiger partial charge in [-0.15, -0.1) is 0 Å². The van der Waals surface area contributed by atoms with Crippen LogP contribution in [0.25, 0.3) is 0 Å². The van der Waals surface area contributed by atoms with Gasteiger partial charge in [0, 0.05) is 5.38 Å². The molecule has 4 nitrogen and oxygen atoms in total. The predicted molar refractivity (Wildman–Crippen MR) is 43.7 cm³/mol. The topological polar surface area (TPSA) is 57.6 Å². The summed E-state index contributed by atoms with van der Waals surface area (Å²) in [5.74, 6) is 0. The maximum atomic E-state index is 10.5. The van der Waals surface area contributed by atoms with Crippen LogP contribution in [0.5, 0.6) is 0 Å². The number of thiophene rings is 1. The van der Waals surface area contributed by atoms with Crippen molar-refractivity contribution in [1.82, 2.24) is 0 Å². The summed E-state index contributed by atoms with van der Waals surface area (Å²) in [4.78, 5) is 0. The maximum Gasteiger partial charge on any atom is 0.360 e. The van der Waals surface area contributed by atoms with Crippen molar-refractivity contribution in [3.63, 3.8) is 0 Å². The van der Waals surface area contributed by atoms with Crippen molar-refractivity contribution in [3.05, 3.63) is 23.9 Å². The fourth-order valence-electron chi connectivity index (χ4n) is 0.532. The summed E-state index contributed by atoms with van der Waals surface area (Å²) in [7, 11) is -1.04. The molecular weight excluding hydrogens is 186 g/mol. The summed E-state index contributed by atoms with van der Waals surface area (Å²) in [6.07, 6.45) is 0. The van der Waals surface area contributed by atoms with Gasteiger partial charge in [-0.2, -0.15) is 19.8 Å². The smallest absolute Gasteiger partial charge is 0.269 e. The van der Waals surface area contributed by atoms with Gasteiger partial charge in [0.25, 0.3) is 0 Å². The molecule has 0 unspecified atom stereocenters. The molecule has 0 aliphatic rings. The second kappa shape index (κ2) is 2.80. The van der Waals surface area contributed by atoms with E-state index in [0.29, 0.717) is 9.99 Å². The van der Waals surface area contributed by atoms with Gasteiger partial charge in [0.05, 0.1) is 12.7 Å². The van der Waals surface area contributed by atoms with Crippen LogP contribution in [0.4, 0.5) is 5.69 Å². The van der Waals surface area contributed by atoms with Crippen LogP contribution < -0.4 is 4.31 Å². The molecule has 1 aromatic heterocycles. The minimum absolute atomic E-state index is 0.359. The first-order valence-electron chi connectivity index (χ1n) is 2.62. The Kier molecular flexibility index (Phi) is 2.17. The largest absolute Gasteiger partial charge is 0.360 e. The maximum absolute atomic E-state index is 10.5. The molecule has 0 aliphatic carbocycles. The Balaban J connectivity index is 2.97. The minimum Gasteiger partial charge on any atom is -0.269 e. The Labute approximate surface area is 69.0 Å². The van der Waals surface area contributed by atoms with Crippen LogP contribution in [-0.2, 0) is 10.3 Å². The van der Waals surface area contributed by atoms with E-state index in [9.17, 15) is 8.42 Å². The van der Waals surface area contributed by atoms with Gasteiger partial charge in [-0.05, 0) is 11.4 Å². The fourth-order valence-corrected chi connectivity index (χ4v) is 1.62. The van der Waals surface area contributed by atoms with E-state index in [0.717, 1.165) is 0 Å².